The van der Waals surface area contributed by atoms with Gasteiger partial charge in [-0.25, -0.2) is 0 Å². The van der Waals surface area contributed by atoms with E-state index in [4.69, 9.17) is 32.7 Å². The van der Waals surface area contributed by atoms with Crippen LogP contribution < -0.4 is 14.8 Å². The number of benzene rings is 3. The fourth-order valence-corrected chi connectivity index (χ4v) is 3.29. The molecule has 0 saturated heterocycles. The van der Waals surface area contributed by atoms with Crippen LogP contribution in [0.1, 0.15) is 16.7 Å². The molecule has 1 N–H and O–H groups in total. The number of nitrogens with one attached hydrogen (secondary N) is 1. The normalized spacial score (nSPS) is 10.7. The largest absolute Gasteiger partial charge is 0.497 e. The Hall–Kier alpha value is -2.20. The molecule has 28 heavy (non-hydrogen) atoms. The molecule has 0 aliphatic rings. The van der Waals surface area contributed by atoms with Crippen molar-refractivity contribution in [2.75, 3.05) is 13.7 Å². The van der Waals surface area contributed by atoms with Gasteiger partial charge in [-0.15, -0.1) is 0 Å². The maximum atomic E-state index is 6.17. The van der Waals surface area contributed by atoms with Crippen molar-refractivity contribution in [1.29, 1.82) is 0 Å². The molecule has 0 spiro atoms. The lowest BCUT2D eigenvalue weighted by Crippen LogP contribution is -2.16. The molecule has 0 heterocycles. The van der Waals surface area contributed by atoms with Crippen molar-refractivity contribution in [2.45, 2.75) is 19.6 Å². The Morgan fingerprint density at radius 3 is 2.04 bits per heavy atom. The maximum absolute atomic E-state index is 6.17. The van der Waals surface area contributed by atoms with Gasteiger partial charge in [0.25, 0.3) is 0 Å². The molecule has 3 rings (SSSR count). The van der Waals surface area contributed by atoms with Gasteiger partial charge in [-0.2, -0.15) is 0 Å². The van der Waals surface area contributed by atoms with E-state index >= 15 is 0 Å². The summed E-state index contributed by atoms with van der Waals surface area (Å²) in [5, 5.41) is 4.70. The third-order valence-corrected chi connectivity index (χ3v) is 5.16. The van der Waals surface area contributed by atoms with Gasteiger partial charge in [0.05, 0.1) is 7.11 Å². The van der Waals surface area contributed by atoms with Gasteiger partial charge in [0.2, 0.25) is 0 Å². The molecule has 3 nitrogen and oxygen atoms in total. The van der Waals surface area contributed by atoms with E-state index in [0.717, 1.165) is 36.6 Å². The maximum Gasteiger partial charge on any atom is 0.119 e. The minimum atomic E-state index is 0.345. The first-order valence-electron chi connectivity index (χ1n) is 9.14. The molecule has 0 amide bonds. The number of hydrogen-bond acceptors (Lipinski definition) is 3. The van der Waals surface area contributed by atoms with Crippen molar-refractivity contribution in [1.82, 2.24) is 5.32 Å². The fraction of sp³-hybridized carbons (Fsp3) is 0.217. The molecular weight excluding hydrogens is 393 g/mol. The first-order valence-corrected chi connectivity index (χ1v) is 9.89. The third kappa shape index (κ3) is 5.90. The molecule has 0 aromatic heterocycles. The predicted octanol–water partition coefficient (Wildman–Crippen LogP) is 5.91. The van der Waals surface area contributed by atoms with Crippen molar-refractivity contribution in [2.24, 2.45) is 0 Å². The van der Waals surface area contributed by atoms with Crippen LogP contribution >= 0.6 is 23.2 Å². The van der Waals surface area contributed by atoms with Crippen molar-refractivity contribution in [3.05, 3.63) is 93.5 Å². The average molecular weight is 416 g/mol. The van der Waals surface area contributed by atoms with Crippen LogP contribution in [0.5, 0.6) is 11.5 Å². The van der Waals surface area contributed by atoms with Gasteiger partial charge in [-0.3, -0.25) is 0 Å². The van der Waals surface area contributed by atoms with Crippen LogP contribution in [0.25, 0.3) is 0 Å². The summed E-state index contributed by atoms with van der Waals surface area (Å²) < 4.78 is 11.0. The first-order chi connectivity index (χ1) is 13.7. The van der Waals surface area contributed by atoms with Crippen molar-refractivity contribution in [3.8, 4) is 11.5 Å². The Morgan fingerprint density at radius 1 is 0.786 bits per heavy atom. The molecule has 146 valence electrons. The highest BCUT2D eigenvalue weighted by Gasteiger charge is 2.06. The molecule has 0 aliphatic carbocycles. The average Bonchev–Trinajstić information content (AvgIpc) is 2.72. The SMILES string of the molecule is COc1ccc(CCNCc2ccc(OCc3c(Cl)cccc3Cl)cc2)cc1. The highest BCUT2D eigenvalue weighted by atomic mass is 35.5. The minimum Gasteiger partial charge on any atom is -0.497 e. The van der Waals surface area contributed by atoms with Crippen molar-refractivity contribution in [3.63, 3.8) is 0 Å². The summed E-state index contributed by atoms with van der Waals surface area (Å²) in [5.41, 5.74) is 3.29. The molecule has 3 aromatic rings. The molecule has 0 saturated carbocycles. The number of halogens is 2. The van der Waals surface area contributed by atoms with E-state index in [1.807, 2.05) is 42.5 Å². The van der Waals surface area contributed by atoms with E-state index in [0.29, 0.717) is 16.7 Å². The van der Waals surface area contributed by atoms with Gasteiger partial charge in [0.1, 0.15) is 18.1 Å². The van der Waals surface area contributed by atoms with E-state index in [2.05, 4.69) is 29.6 Å². The zero-order chi connectivity index (χ0) is 19.8. The monoisotopic (exact) mass is 415 g/mol. The van der Waals surface area contributed by atoms with E-state index in [1.165, 1.54) is 11.1 Å². The van der Waals surface area contributed by atoms with E-state index in [-0.39, 0.29) is 0 Å². The van der Waals surface area contributed by atoms with Crippen LogP contribution in [-0.2, 0) is 19.6 Å². The Morgan fingerprint density at radius 2 is 1.39 bits per heavy atom. The van der Waals surface area contributed by atoms with Gasteiger partial charge in [-0.1, -0.05) is 53.5 Å². The van der Waals surface area contributed by atoms with Gasteiger partial charge in [0.15, 0.2) is 0 Å². The van der Waals surface area contributed by atoms with Crippen molar-refractivity contribution >= 4 is 23.2 Å². The second-order valence-corrected chi connectivity index (χ2v) is 7.22. The summed E-state index contributed by atoms with van der Waals surface area (Å²) in [6.45, 7) is 2.07. The van der Waals surface area contributed by atoms with Gasteiger partial charge in [-0.05, 0) is 60.5 Å². The molecule has 0 aliphatic heterocycles. The van der Waals surface area contributed by atoms with Gasteiger partial charge < -0.3 is 14.8 Å². The highest BCUT2D eigenvalue weighted by molar-refractivity contribution is 6.35. The van der Waals surface area contributed by atoms with Crippen LogP contribution in [0, 0.1) is 0 Å². The lowest BCUT2D eigenvalue weighted by molar-refractivity contribution is 0.306. The molecule has 5 heteroatoms. The van der Waals surface area contributed by atoms with Crippen LogP contribution in [0.4, 0.5) is 0 Å². The van der Waals surface area contributed by atoms with Crippen molar-refractivity contribution < 1.29 is 9.47 Å². The Labute approximate surface area is 176 Å². The zero-order valence-electron chi connectivity index (χ0n) is 15.8. The van der Waals surface area contributed by atoms with Gasteiger partial charge >= 0.3 is 0 Å². The number of ether oxygens (including phenoxy) is 2. The molecule has 0 bridgehead atoms. The smallest absolute Gasteiger partial charge is 0.119 e. The highest BCUT2D eigenvalue weighted by Crippen LogP contribution is 2.26. The third-order valence-electron chi connectivity index (χ3n) is 4.45. The van der Waals surface area contributed by atoms with E-state index in [9.17, 15) is 0 Å². The molecule has 0 fully saturated rings. The Bertz CT molecular complexity index is 860. The fourth-order valence-electron chi connectivity index (χ4n) is 2.79. The number of hydrogen-bond donors (Lipinski definition) is 1. The van der Waals surface area contributed by atoms with E-state index in [1.54, 1.807) is 7.11 Å². The molecule has 0 atom stereocenters. The predicted molar refractivity (Wildman–Crippen MR) is 116 cm³/mol. The zero-order valence-corrected chi connectivity index (χ0v) is 17.3. The summed E-state index contributed by atoms with van der Waals surface area (Å²) in [6, 6.07) is 21.7. The second kappa shape index (κ2) is 10.4. The molecular formula is C23H23Cl2NO2. The number of rotatable bonds is 9. The Kier molecular flexibility index (Phi) is 7.61. The quantitative estimate of drug-likeness (QED) is 0.440. The number of methoxy groups -OCH3 is 1. The van der Waals surface area contributed by atoms with E-state index < -0.39 is 0 Å². The summed E-state index contributed by atoms with van der Waals surface area (Å²) in [6.07, 6.45) is 0.976. The van der Waals surface area contributed by atoms with Crippen LogP contribution in [0.2, 0.25) is 10.0 Å². The minimum absolute atomic E-state index is 0.345. The standard InChI is InChI=1S/C23H23Cl2NO2/c1-27-19-9-5-17(6-10-19)13-14-26-15-18-7-11-20(12-8-18)28-16-21-22(24)3-2-4-23(21)25/h2-12,26H,13-16H2,1H3. The summed E-state index contributed by atoms with van der Waals surface area (Å²) in [5.74, 6) is 1.67. The van der Waals surface area contributed by atoms with Crippen LogP contribution in [0.15, 0.2) is 66.7 Å². The Balaban J connectivity index is 1.42. The summed E-state index contributed by atoms with van der Waals surface area (Å²) >= 11 is 12.3. The molecule has 0 radical (unpaired) electrons. The lowest BCUT2D eigenvalue weighted by Gasteiger charge is -2.10. The van der Waals surface area contributed by atoms with Gasteiger partial charge in [0, 0.05) is 22.2 Å². The topological polar surface area (TPSA) is 30.5 Å². The molecule has 0 unspecified atom stereocenters. The summed E-state index contributed by atoms with van der Waals surface area (Å²) in [7, 11) is 1.68. The first kappa shape index (κ1) is 20.5. The van der Waals surface area contributed by atoms with Crippen LogP contribution in [0.3, 0.4) is 0 Å². The second-order valence-electron chi connectivity index (χ2n) is 6.41. The lowest BCUT2D eigenvalue weighted by atomic mass is 10.1. The summed E-state index contributed by atoms with van der Waals surface area (Å²) in [4.78, 5) is 0. The molecule has 3 aromatic carbocycles. The van der Waals surface area contributed by atoms with Crippen LogP contribution in [-0.4, -0.2) is 13.7 Å².